The number of benzene rings is 2. The number of ether oxygens (including phenoxy) is 2. The van der Waals surface area contributed by atoms with Crippen molar-refractivity contribution >= 4 is 17.5 Å². The van der Waals surface area contributed by atoms with Crippen molar-refractivity contribution in [3.05, 3.63) is 59.4 Å². The summed E-state index contributed by atoms with van der Waals surface area (Å²) in [5.41, 5.74) is 0.792. The third kappa shape index (κ3) is 5.48. The lowest BCUT2D eigenvalue weighted by Crippen LogP contribution is -2.35. The lowest BCUT2D eigenvalue weighted by molar-refractivity contribution is -0.124. The van der Waals surface area contributed by atoms with Crippen LogP contribution < -0.4 is 14.8 Å². The monoisotopic (exact) mass is 415 g/mol. The fourth-order valence-corrected chi connectivity index (χ4v) is 2.75. The Balaban J connectivity index is 1.65. The SMILES string of the molecule is COc1ccc(-c2noc([C@H](NC(=O)COc3ccc(Cl)cc3)C(C)C)n2)cc1. The van der Waals surface area contributed by atoms with Crippen molar-refractivity contribution in [1.29, 1.82) is 0 Å². The normalized spacial score (nSPS) is 11.9. The summed E-state index contributed by atoms with van der Waals surface area (Å²) in [5.74, 6) is 1.84. The highest BCUT2D eigenvalue weighted by Gasteiger charge is 2.25. The zero-order valence-corrected chi connectivity index (χ0v) is 17.1. The minimum atomic E-state index is -0.434. The average molecular weight is 416 g/mol. The van der Waals surface area contributed by atoms with Crippen molar-refractivity contribution in [3.8, 4) is 22.9 Å². The lowest BCUT2D eigenvalue weighted by Gasteiger charge is -2.18. The summed E-state index contributed by atoms with van der Waals surface area (Å²) < 4.78 is 16.1. The fourth-order valence-electron chi connectivity index (χ4n) is 2.63. The first-order chi connectivity index (χ1) is 14.0. The van der Waals surface area contributed by atoms with Crippen molar-refractivity contribution in [1.82, 2.24) is 15.5 Å². The molecule has 0 fully saturated rings. The van der Waals surface area contributed by atoms with Crippen LogP contribution in [0.2, 0.25) is 5.02 Å². The number of halogens is 1. The fraction of sp³-hybridized carbons (Fsp3) is 0.286. The second-order valence-corrected chi connectivity index (χ2v) is 7.15. The first-order valence-electron chi connectivity index (χ1n) is 9.12. The third-order valence-electron chi connectivity index (χ3n) is 4.22. The van der Waals surface area contributed by atoms with Gasteiger partial charge in [0.2, 0.25) is 11.7 Å². The van der Waals surface area contributed by atoms with Gasteiger partial charge in [-0.15, -0.1) is 0 Å². The van der Waals surface area contributed by atoms with Crippen molar-refractivity contribution in [2.75, 3.05) is 13.7 Å². The van der Waals surface area contributed by atoms with Crippen LogP contribution in [0.15, 0.2) is 53.1 Å². The standard InChI is InChI=1S/C21H22ClN3O4/c1-13(2)19(23-18(26)12-28-17-10-6-15(22)7-11-17)21-24-20(25-29-21)14-4-8-16(27-3)9-5-14/h4-11,13,19H,12H2,1-3H3,(H,23,26)/t19-/m1/s1. The second kappa shape index (κ2) is 9.43. The highest BCUT2D eigenvalue weighted by molar-refractivity contribution is 6.30. The topological polar surface area (TPSA) is 86.5 Å². The number of carbonyl (C=O) groups is 1. The smallest absolute Gasteiger partial charge is 0.258 e. The molecule has 0 aliphatic rings. The number of methoxy groups -OCH3 is 1. The molecular weight excluding hydrogens is 394 g/mol. The van der Waals surface area contributed by atoms with E-state index >= 15 is 0 Å². The quantitative estimate of drug-likeness (QED) is 0.590. The van der Waals surface area contributed by atoms with Crippen molar-refractivity contribution < 1.29 is 18.8 Å². The Bertz CT molecular complexity index is 939. The number of hydrogen-bond acceptors (Lipinski definition) is 6. The number of carbonyl (C=O) groups excluding carboxylic acids is 1. The van der Waals surface area contributed by atoms with E-state index in [4.69, 9.17) is 25.6 Å². The van der Waals surface area contributed by atoms with E-state index in [1.807, 2.05) is 38.1 Å². The van der Waals surface area contributed by atoms with E-state index < -0.39 is 6.04 Å². The van der Waals surface area contributed by atoms with E-state index in [-0.39, 0.29) is 18.4 Å². The van der Waals surface area contributed by atoms with Crippen LogP contribution in [0.4, 0.5) is 0 Å². The number of nitrogens with zero attached hydrogens (tertiary/aromatic N) is 2. The minimum absolute atomic E-state index is 0.0404. The Morgan fingerprint density at radius 3 is 2.38 bits per heavy atom. The van der Waals surface area contributed by atoms with E-state index in [1.54, 1.807) is 31.4 Å². The molecule has 1 amide bonds. The van der Waals surface area contributed by atoms with Crippen LogP contribution in [0.3, 0.4) is 0 Å². The van der Waals surface area contributed by atoms with Gasteiger partial charge in [0.25, 0.3) is 5.91 Å². The van der Waals surface area contributed by atoms with Crippen molar-refractivity contribution in [2.24, 2.45) is 5.92 Å². The van der Waals surface area contributed by atoms with Gasteiger partial charge in [-0.3, -0.25) is 4.79 Å². The summed E-state index contributed by atoms with van der Waals surface area (Å²) in [5, 5.41) is 7.53. The van der Waals surface area contributed by atoms with E-state index in [0.29, 0.717) is 22.5 Å². The molecule has 1 heterocycles. The molecule has 0 saturated heterocycles. The summed E-state index contributed by atoms with van der Waals surface area (Å²) in [4.78, 5) is 16.8. The molecule has 8 heteroatoms. The second-order valence-electron chi connectivity index (χ2n) is 6.72. The largest absolute Gasteiger partial charge is 0.497 e. The molecule has 0 bridgehead atoms. The Kier molecular flexibility index (Phi) is 6.72. The average Bonchev–Trinajstić information content (AvgIpc) is 3.21. The van der Waals surface area contributed by atoms with Crippen molar-refractivity contribution in [3.63, 3.8) is 0 Å². The van der Waals surface area contributed by atoms with Gasteiger partial charge in [0.1, 0.15) is 17.5 Å². The number of amides is 1. The third-order valence-corrected chi connectivity index (χ3v) is 4.47. The van der Waals surface area contributed by atoms with Crippen LogP contribution in [0, 0.1) is 5.92 Å². The number of rotatable bonds is 8. The molecule has 0 aliphatic carbocycles. The van der Waals surface area contributed by atoms with Crippen molar-refractivity contribution in [2.45, 2.75) is 19.9 Å². The molecule has 3 aromatic rings. The van der Waals surface area contributed by atoms with E-state index in [1.165, 1.54) is 0 Å². The van der Waals surface area contributed by atoms with Gasteiger partial charge in [-0.25, -0.2) is 0 Å². The highest BCUT2D eigenvalue weighted by atomic mass is 35.5. The highest BCUT2D eigenvalue weighted by Crippen LogP contribution is 2.25. The molecule has 29 heavy (non-hydrogen) atoms. The van der Waals surface area contributed by atoms with Gasteiger partial charge in [-0.2, -0.15) is 4.98 Å². The van der Waals surface area contributed by atoms with Gasteiger partial charge < -0.3 is 19.3 Å². The van der Waals surface area contributed by atoms with Crippen LogP contribution in [0.1, 0.15) is 25.8 Å². The van der Waals surface area contributed by atoms with E-state index in [9.17, 15) is 4.79 Å². The maximum atomic E-state index is 12.4. The molecular formula is C21H22ClN3O4. The van der Waals surface area contributed by atoms with Crippen LogP contribution in [-0.2, 0) is 4.79 Å². The van der Waals surface area contributed by atoms with E-state index in [2.05, 4.69) is 15.5 Å². The van der Waals surface area contributed by atoms with Gasteiger partial charge in [-0.1, -0.05) is 30.6 Å². The molecule has 0 unspecified atom stereocenters. The molecule has 0 spiro atoms. The molecule has 7 nitrogen and oxygen atoms in total. The summed E-state index contributed by atoms with van der Waals surface area (Å²) in [7, 11) is 1.61. The van der Waals surface area contributed by atoms with Gasteiger partial charge in [0.15, 0.2) is 6.61 Å². The molecule has 0 radical (unpaired) electrons. The van der Waals surface area contributed by atoms with Gasteiger partial charge in [0.05, 0.1) is 7.11 Å². The Labute approximate surface area is 174 Å². The first kappa shape index (κ1) is 20.7. The van der Waals surface area contributed by atoms with Crippen LogP contribution in [0.25, 0.3) is 11.4 Å². The van der Waals surface area contributed by atoms with Gasteiger partial charge in [0, 0.05) is 10.6 Å². The molecule has 0 aliphatic heterocycles. The number of hydrogen-bond donors (Lipinski definition) is 1. The predicted octanol–water partition coefficient (Wildman–Crippen LogP) is 4.29. The maximum absolute atomic E-state index is 12.4. The van der Waals surface area contributed by atoms with Crippen LogP contribution in [-0.4, -0.2) is 29.8 Å². The molecule has 1 aromatic heterocycles. The summed E-state index contributed by atoms with van der Waals surface area (Å²) in [6, 6.07) is 13.7. The summed E-state index contributed by atoms with van der Waals surface area (Å²) >= 11 is 5.84. The molecule has 1 atom stereocenters. The van der Waals surface area contributed by atoms with Gasteiger partial charge in [-0.05, 0) is 54.4 Å². The van der Waals surface area contributed by atoms with Gasteiger partial charge >= 0.3 is 0 Å². The zero-order valence-electron chi connectivity index (χ0n) is 16.4. The molecule has 1 N–H and O–H groups in total. The molecule has 2 aromatic carbocycles. The lowest BCUT2D eigenvalue weighted by atomic mass is 10.0. The summed E-state index contributed by atoms with van der Waals surface area (Å²) in [6.45, 7) is 3.79. The molecule has 152 valence electrons. The van der Waals surface area contributed by atoms with Crippen LogP contribution >= 0.6 is 11.6 Å². The minimum Gasteiger partial charge on any atom is -0.497 e. The molecule has 3 rings (SSSR count). The number of nitrogens with one attached hydrogen (secondary N) is 1. The van der Waals surface area contributed by atoms with Crippen LogP contribution in [0.5, 0.6) is 11.5 Å². The molecule has 0 saturated carbocycles. The van der Waals surface area contributed by atoms with E-state index in [0.717, 1.165) is 11.3 Å². The maximum Gasteiger partial charge on any atom is 0.258 e. The number of aromatic nitrogens is 2. The predicted molar refractivity (Wildman–Crippen MR) is 109 cm³/mol. The Morgan fingerprint density at radius 2 is 1.76 bits per heavy atom. The summed E-state index contributed by atoms with van der Waals surface area (Å²) in [6.07, 6.45) is 0. The first-order valence-corrected chi connectivity index (χ1v) is 9.50. The zero-order chi connectivity index (χ0) is 20.8. The Hall–Kier alpha value is -3.06. The Morgan fingerprint density at radius 1 is 1.10 bits per heavy atom.